The molecule has 0 saturated carbocycles. The fourth-order valence-corrected chi connectivity index (χ4v) is 26.6. The Kier molecular flexibility index (Phi) is 17.5. The molecule has 0 fully saturated rings. The van der Waals surface area contributed by atoms with Crippen molar-refractivity contribution < 1.29 is 4.74 Å². The summed E-state index contributed by atoms with van der Waals surface area (Å²) >= 11 is 0. The molecule has 2 nitrogen and oxygen atoms in total. The third-order valence-electron chi connectivity index (χ3n) is 22.7. The number of benzene rings is 15. The maximum absolute atomic E-state index is 8.00. The second-order valence-corrected chi connectivity index (χ2v) is 40.0. The van der Waals surface area contributed by atoms with Gasteiger partial charge in [-0.3, -0.25) is 0 Å². The van der Waals surface area contributed by atoms with Gasteiger partial charge in [0.1, 0.15) is 11.5 Å². The summed E-state index contributed by atoms with van der Waals surface area (Å²) in [7, 11) is -6.16. The Bertz CT molecular complexity index is 5660. The second kappa shape index (κ2) is 27.4. The molecule has 0 radical (unpaired) electrons. The van der Waals surface area contributed by atoms with Crippen LogP contribution >= 0.6 is 0 Å². The van der Waals surface area contributed by atoms with Gasteiger partial charge in [-0.25, -0.2) is 0 Å². The highest BCUT2D eigenvalue weighted by Gasteiger charge is 2.47. The summed E-state index contributed by atoms with van der Waals surface area (Å²) in [4.78, 5) is 2.60. The maximum atomic E-state index is 8.00. The number of ether oxygens (including phenoxy) is 1. The molecule has 0 bridgehead atoms. The normalized spacial score (nSPS) is 12.8. The highest BCUT2D eigenvalue weighted by atomic mass is 28.3. The topological polar surface area (TPSA) is 12.5 Å². The van der Waals surface area contributed by atoms with Crippen LogP contribution in [-0.4, -0.2) is 22.9 Å². The van der Waals surface area contributed by atoms with Gasteiger partial charge in [-0.1, -0.05) is 396 Å². The van der Waals surface area contributed by atoms with E-state index in [1.807, 2.05) is 0 Å². The first-order valence-electron chi connectivity index (χ1n) is 37.9. The van der Waals surface area contributed by atoms with E-state index in [9.17, 15) is 0 Å². The van der Waals surface area contributed by atoms with Crippen LogP contribution in [0.2, 0.25) is 0 Å². The molecule has 518 valence electrons. The fraction of sp³-hybridized carbons (Fsp3) is 0.118. The van der Waals surface area contributed by atoms with Crippen LogP contribution in [0.3, 0.4) is 0 Å². The van der Waals surface area contributed by atoms with Gasteiger partial charge in [-0.05, 0) is 177 Å². The summed E-state index contributed by atoms with van der Waals surface area (Å²) in [5, 5.41) is 10.5. The molecule has 15 aromatic rings. The average Bonchev–Trinajstić information content (AvgIpc) is 0.695. The van der Waals surface area contributed by atoms with Crippen LogP contribution in [0.25, 0.3) is 55.6 Å². The van der Waals surface area contributed by atoms with Crippen molar-refractivity contribution in [1.29, 1.82) is 0 Å². The van der Waals surface area contributed by atoms with Crippen LogP contribution in [0, 0.1) is 0 Å². The van der Waals surface area contributed by atoms with E-state index in [-0.39, 0.29) is 23.0 Å². The van der Waals surface area contributed by atoms with Crippen molar-refractivity contribution in [1.82, 2.24) is 0 Å². The molecule has 15 aromatic carbocycles. The Balaban J connectivity index is 0.928. The van der Waals surface area contributed by atoms with Crippen molar-refractivity contribution in [3.63, 3.8) is 0 Å². The van der Waals surface area contributed by atoms with Gasteiger partial charge in [0.05, 0.1) is 5.69 Å². The summed E-state index contributed by atoms with van der Waals surface area (Å²) in [6.45, 7) is 20.8. The summed E-state index contributed by atoms with van der Waals surface area (Å²) in [5.41, 5.74) is 22.1. The van der Waals surface area contributed by atoms with E-state index in [1.165, 1.54) is 97.0 Å². The number of nitrogens with zero attached hydrogens (tertiary/aromatic N) is 1. The Morgan fingerprint density at radius 1 is 0.234 bits per heavy atom. The molecule has 17 rings (SSSR count). The monoisotopic (exact) mass is 1410 g/mol. The van der Waals surface area contributed by atoms with Gasteiger partial charge in [-0.2, -0.15) is 0 Å². The zero-order chi connectivity index (χ0) is 73.2. The number of hydrogen-bond acceptors (Lipinski definition) is 2. The van der Waals surface area contributed by atoms with Crippen LogP contribution in [0.1, 0.15) is 79.0 Å². The molecule has 2 heterocycles. The van der Waals surface area contributed by atoms with E-state index in [0.717, 1.165) is 61.7 Å². The smallest absolute Gasteiger partial charge is 0.256 e. The molecule has 0 unspecified atom stereocenters. The van der Waals surface area contributed by atoms with E-state index in [4.69, 9.17) is 4.74 Å². The number of anilines is 3. The standard InChI is InChI=1S/C102H88BNOSi2/c1-100(2,3)80-54-60-94(91(69-80)74-37-21-12-22-38-74)104-95-59-53-77(73-51-55-87(56-52-73)106(83-41-23-13-24-42-83,84-43-25-14-26-44-84)88-49-31-39-75(63-88)71-33-17-10-18-34-71)65-93(95)103-92-58-57-90(70-97(92)105-98-67-79(66-96(104)99(98)103)78-61-81(101(4,5)6)68-82(62-78)102(7,8)9)107(85-45-27-15-28-46-85,86-47-29-16-30-48-86)89-50-32-40-76(64-89)72-35-19-11-20-36-72/h10-70H,1-9H3. The lowest BCUT2D eigenvalue weighted by molar-refractivity contribution is 0.488. The molecule has 107 heavy (non-hydrogen) atoms. The Morgan fingerprint density at radius 3 is 1.09 bits per heavy atom. The molecular formula is C102H88BNOSi2. The number of rotatable bonds is 14. The van der Waals surface area contributed by atoms with E-state index in [2.05, 4.69) is 437 Å². The quantitative estimate of drug-likeness (QED) is 0.0795. The lowest BCUT2D eigenvalue weighted by atomic mass is 9.34. The van der Waals surface area contributed by atoms with Crippen molar-refractivity contribution in [2.45, 2.75) is 78.6 Å². The van der Waals surface area contributed by atoms with Crippen LogP contribution < -0.4 is 67.5 Å². The minimum atomic E-state index is -3.18. The average molecular weight is 1410 g/mol. The molecule has 5 heteroatoms. The SMILES string of the molecule is CC(C)(C)c1cc(-c2cc3c4c(c2)N(c2ccc(C(C)(C)C)cc2-c2ccccc2)c2ccc(-c5ccc([Si](c6ccccc6)(c6ccccc6)c6cccc(-c7ccccc7)c6)cc5)cc2B4c2ccc([Si](c4ccccc4)(c4ccccc4)c4cccc(-c5ccccc5)c4)cc2O3)cc(C(C)(C)C)c1. The largest absolute Gasteiger partial charge is 0.458 e. The van der Waals surface area contributed by atoms with E-state index in [1.54, 1.807) is 0 Å². The Morgan fingerprint density at radius 2 is 0.607 bits per heavy atom. The van der Waals surface area contributed by atoms with Gasteiger partial charge in [0.2, 0.25) is 0 Å². The number of hydrogen-bond donors (Lipinski definition) is 0. The van der Waals surface area contributed by atoms with Crippen LogP contribution in [0.5, 0.6) is 11.5 Å². The zero-order valence-corrected chi connectivity index (χ0v) is 64.7. The van der Waals surface area contributed by atoms with Crippen molar-refractivity contribution >= 4 is 97.8 Å². The lowest BCUT2D eigenvalue weighted by Gasteiger charge is -2.42. The number of fused-ring (bicyclic) bond motifs is 4. The Hall–Kier alpha value is -11.6. The molecule has 0 aromatic heterocycles. The first-order chi connectivity index (χ1) is 51.9. The molecular weight excluding hydrogens is 1320 g/mol. The van der Waals surface area contributed by atoms with Gasteiger partial charge in [0.25, 0.3) is 6.71 Å². The first kappa shape index (κ1) is 68.5. The van der Waals surface area contributed by atoms with Gasteiger partial charge < -0.3 is 9.64 Å². The third kappa shape index (κ3) is 12.4. The first-order valence-corrected chi connectivity index (χ1v) is 41.9. The minimum Gasteiger partial charge on any atom is -0.458 e. The predicted molar refractivity (Wildman–Crippen MR) is 463 cm³/mol. The third-order valence-corrected chi connectivity index (χ3v) is 32.2. The van der Waals surface area contributed by atoms with Crippen molar-refractivity contribution in [2.75, 3.05) is 4.90 Å². The molecule has 2 aliphatic heterocycles. The molecule has 0 N–H and O–H groups in total. The fourth-order valence-electron chi connectivity index (χ4n) is 17.1. The van der Waals surface area contributed by atoms with E-state index < -0.39 is 16.1 Å². The van der Waals surface area contributed by atoms with Crippen molar-refractivity contribution in [3.8, 4) is 67.1 Å². The molecule has 2 aliphatic rings. The van der Waals surface area contributed by atoms with Gasteiger partial charge in [-0.15, -0.1) is 0 Å². The molecule has 0 spiro atoms. The highest BCUT2D eigenvalue weighted by Crippen LogP contribution is 2.48. The van der Waals surface area contributed by atoms with Crippen LogP contribution in [0.15, 0.2) is 370 Å². The van der Waals surface area contributed by atoms with E-state index >= 15 is 0 Å². The van der Waals surface area contributed by atoms with Gasteiger partial charge >= 0.3 is 0 Å². The molecule has 0 aliphatic carbocycles. The van der Waals surface area contributed by atoms with Gasteiger partial charge in [0.15, 0.2) is 16.1 Å². The lowest BCUT2D eigenvalue weighted by Crippen LogP contribution is -2.75. The Labute approximate surface area is 635 Å². The van der Waals surface area contributed by atoms with Gasteiger partial charge in [0, 0.05) is 16.9 Å². The molecule has 0 amide bonds. The summed E-state index contributed by atoms with van der Waals surface area (Å²) in [5.74, 6) is 1.74. The minimum absolute atomic E-state index is 0.113. The highest BCUT2D eigenvalue weighted by molar-refractivity contribution is 7.20. The van der Waals surface area contributed by atoms with E-state index in [0.29, 0.717) is 0 Å². The summed E-state index contributed by atoms with van der Waals surface area (Å²) in [6.07, 6.45) is 0. The van der Waals surface area contributed by atoms with Crippen molar-refractivity contribution in [3.05, 3.63) is 387 Å². The maximum Gasteiger partial charge on any atom is 0.256 e. The molecule has 0 saturated heterocycles. The summed E-state index contributed by atoms with van der Waals surface area (Å²) in [6, 6.07) is 141. The van der Waals surface area contributed by atoms with Crippen LogP contribution in [0.4, 0.5) is 17.1 Å². The molecule has 0 atom stereocenters. The summed E-state index contributed by atoms with van der Waals surface area (Å²) < 4.78 is 8.00. The zero-order valence-electron chi connectivity index (χ0n) is 62.7. The second-order valence-electron chi connectivity index (χ2n) is 32.4. The van der Waals surface area contributed by atoms with Crippen LogP contribution in [-0.2, 0) is 16.2 Å². The van der Waals surface area contributed by atoms with Crippen molar-refractivity contribution in [2.24, 2.45) is 0 Å². The predicted octanol–water partition coefficient (Wildman–Crippen LogP) is 19.1.